The van der Waals surface area contributed by atoms with Crippen LogP contribution in [-0.4, -0.2) is 135 Å². The van der Waals surface area contributed by atoms with Crippen LogP contribution in [0, 0.1) is 23.7 Å². The summed E-state index contributed by atoms with van der Waals surface area (Å²) in [5.74, 6) is 8.96. The number of likely N-dealkylation sites (N-methyl/N-ethyl adjacent to an activating group) is 2. The summed E-state index contributed by atoms with van der Waals surface area (Å²) < 4.78 is 11.5. The van der Waals surface area contributed by atoms with Crippen LogP contribution in [0.4, 0.5) is 0 Å². The number of rotatable bonds is 18. The van der Waals surface area contributed by atoms with Gasteiger partial charge >= 0.3 is 0 Å². The van der Waals surface area contributed by atoms with E-state index in [2.05, 4.69) is 67.7 Å². The zero-order valence-corrected chi connectivity index (χ0v) is 41.2. The molecule has 6 N–H and O–H groups in total. The third kappa shape index (κ3) is 14.7. The number of nitrogens with zero attached hydrogens (tertiary/aromatic N) is 2. The van der Waals surface area contributed by atoms with E-state index in [1.54, 1.807) is 37.7 Å². The molecule has 6 amide bonds. The summed E-state index contributed by atoms with van der Waals surface area (Å²) in [5, 5.41) is 17.7. The lowest BCUT2D eigenvalue weighted by Gasteiger charge is -2.31. The van der Waals surface area contributed by atoms with Gasteiger partial charge in [0.1, 0.15) is 37.4 Å². The van der Waals surface area contributed by atoms with E-state index >= 15 is 0 Å². The number of amides is 6. The largest absolute Gasteiger partial charge is 0.366 e. The molecule has 2 heterocycles. The van der Waals surface area contributed by atoms with Crippen molar-refractivity contribution in [1.29, 1.82) is 0 Å². The molecular weight excluding hydrogens is 912 g/mol. The minimum Gasteiger partial charge on any atom is -0.366 e. The molecule has 2 aliphatic carbocycles. The summed E-state index contributed by atoms with van der Waals surface area (Å²) in [5.41, 5.74) is 4.68. The van der Waals surface area contributed by atoms with Gasteiger partial charge in [-0.3, -0.25) is 28.8 Å². The Morgan fingerprint density at radius 2 is 1.00 bits per heavy atom. The zero-order chi connectivity index (χ0) is 47.0. The van der Waals surface area contributed by atoms with Gasteiger partial charge in [-0.2, -0.15) is 0 Å². The molecule has 0 bridgehead atoms. The molecule has 68 heavy (non-hydrogen) atoms. The highest BCUT2D eigenvalue weighted by Crippen LogP contribution is 2.32. The average Bonchev–Trinajstić information content (AvgIpc) is 4.05. The molecule has 0 spiro atoms. The lowest BCUT2D eigenvalue weighted by atomic mass is 9.87. The van der Waals surface area contributed by atoms with E-state index in [0.29, 0.717) is 38.8 Å². The van der Waals surface area contributed by atoms with Crippen LogP contribution in [0.1, 0.15) is 99.6 Å². The fraction of sp³-hybridized carbons (Fsp3) is 0.560. The summed E-state index contributed by atoms with van der Waals surface area (Å²) in [4.78, 5) is 84.3. The first kappa shape index (κ1) is 55.4. The molecule has 16 nitrogen and oxygen atoms in total. The molecule has 2 fully saturated rings. The number of fused-ring (bicyclic) bond motifs is 2. The molecule has 2 aromatic rings. The van der Waals surface area contributed by atoms with Crippen LogP contribution in [0.2, 0.25) is 0 Å². The zero-order valence-electron chi connectivity index (χ0n) is 39.5. The lowest BCUT2D eigenvalue weighted by Crippen LogP contribution is -2.57. The Bertz CT molecular complexity index is 2040. The second-order valence-corrected chi connectivity index (χ2v) is 17.5. The fourth-order valence-electron chi connectivity index (χ4n) is 9.17. The van der Waals surface area contributed by atoms with Gasteiger partial charge in [-0.05, 0) is 126 Å². The average molecular weight is 980 g/mol. The van der Waals surface area contributed by atoms with Crippen molar-refractivity contribution < 1.29 is 38.2 Å². The van der Waals surface area contributed by atoms with Gasteiger partial charge < -0.3 is 51.2 Å². The van der Waals surface area contributed by atoms with Gasteiger partial charge in [-0.15, -0.1) is 24.8 Å². The molecular formula is C50H68Cl2N8O8. The van der Waals surface area contributed by atoms with Crippen molar-refractivity contribution in [2.24, 2.45) is 0 Å². The summed E-state index contributed by atoms with van der Waals surface area (Å²) in [7, 11) is 3.29. The second-order valence-electron chi connectivity index (χ2n) is 17.5. The number of carbonyl (C=O) groups is 6. The lowest BCUT2D eigenvalue weighted by molar-refractivity contribution is -0.143. The number of nitrogens with one attached hydrogen (secondary N) is 6. The highest BCUT2D eigenvalue weighted by molar-refractivity contribution is 5.95. The second kappa shape index (κ2) is 27.7. The van der Waals surface area contributed by atoms with E-state index in [9.17, 15) is 28.8 Å². The van der Waals surface area contributed by atoms with E-state index in [4.69, 9.17) is 9.47 Å². The molecule has 2 aliphatic heterocycles. The number of ether oxygens (including phenoxy) is 2. The van der Waals surface area contributed by atoms with Gasteiger partial charge in [0, 0.05) is 13.1 Å². The van der Waals surface area contributed by atoms with Crippen LogP contribution in [0.5, 0.6) is 0 Å². The predicted molar refractivity (Wildman–Crippen MR) is 263 cm³/mol. The molecule has 18 heteroatoms. The number of halogens is 2. The summed E-state index contributed by atoms with van der Waals surface area (Å²) in [6, 6.07) is 11.4. The molecule has 370 valence electrons. The van der Waals surface area contributed by atoms with Crippen LogP contribution >= 0.6 is 24.8 Å². The third-order valence-corrected chi connectivity index (χ3v) is 13.1. The van der Waals surface area contributed by atoms with Crippen molar-refractivity contribution in [1.82, 2.24) is 41.7 Å². The Labute approximate surface area is 413 Å². The number of hydrogen-bond donors (Lipinski definition) is 6. The van der Waals surface area contributed by atoms with Gasteiger partial charge in [0.25, 0.3) is 0 Å². The summed E-state index contributed by atoms with van der Waals surface area (Å²) >= 11 is 0. The van der Waals surface area contributed by atoms with E-state index in [1.807, 2.05) is 36.4 Å². The monoisotopic (exact) mass is 978 g/mol. The first-order valence-electron chi connectivity index (χ1n) is 23.4. The number of likely N-dealkylation sites (tertiary alicyclic amines) is 2. The maximum absolute atomic E-state index is 14.0. The molecule has 8 atom stereocenters. The van der Waals surface area contributed by atoms with Crippen molar-refractivity contribution in [2.75, 3.05) is 53.6 Å². The fourth-order valence-corrected chi connectivity index (χ4v) is 9.17. The van der Waals surface area contributed by atoms with Crippen molar-refractivity contribution in [3.8, 4) is 23.7 Å². The third-order valence-electron chi connectivity index (χ3n) is 13.1. The first-order valence-corrected chi connectivity index (χ1v) is 23.4. The van der Waals surface area contributed by atoms with Crippen molar-refractivity contribution in [3.05, 3.63) is 70.8 Å². The number of benzene rings is 2. The number of carbonyl (C=O) groups excluding carboxylic acids is 6. The Hall–Kier alpha value is -5.20. The minimum absolute atomic E-state index is 0. The molecule has 2 aromatic carbocycles. The smallest absolute Gasteiger partial charge is 0.248 e. The number of hydrogen-bond acceptors (Lipinski definition) is 10. The normalized spacial score (nSPS) is 20.9. The topological polar surface area (TPSA) is 200 Å². The highest BCUT2D eigenvalue weighted by Gasteiger charge is 2.41. The molecule has 0 unspecified atom stereocenters. The van der Waals surface area contributed by atoms with E-state index in [1.165, 1.54) is 11.1 Å². The van der Waals surface area contributed by atoms with Gasteiger partial charge in [0.15, 0.2) is 0 Å². The van der Waals surface area contributed by atoms with Gasteiger partial charge in [0.2, 0.25) is 35.4 Å². The van der Waals surface area contributed by atoms with Gasteiger partial charge in [-0.25, -0.2) is 0 Å². The minimum atomic E-state index is -1.05. The molecule has 6 rings (SSSR count). The van der Waals surface area contributed by atoms with Crippen LogP contribution < -0.4 is 31.9 Å². The van der Waals surface area contributed by atoms with E-state index in [0.717, 1.165) is 49.7 Å². The van der Waals surface area contributed by atoms with E-state index in [-0.39, 0.29) is 87.0 Å². The Balaban J connectivity index is 0.00000504. The quantitative estimate of drug-likeness (QED) is 0.0954. The van der Waals surface area contributed by atoms with Crippen molar-refractivity contribution >= 4 is 60.3 Å². The molecule has 2 saturated heterocycles. The maximum Gasteiger partial charge on any atom is 0.248 e. The van der Waals surface area contributed by atoms with Crippen molar-refractivity contribution in [3.63, 3.8) is 0 Å². The first-order chi connectivity index (χ1) is 32.0. The predicted octanol–water partition coefficient (Wildman–Crippen LogP) is 2.43. The van der Waals surface area contributed by atoms with Crippen molar-refractivity contribution in [2.45, 2.75) is 126 Å². The van der Waals surface area contributed by atoms with Crippen LogP contribution in [0.25, 0.3) is 0 Å². The summed E-state index contributed by atoms with van der Waals surface area (Å²) in [6.45, 7) is 3.60. The van der Waals surface area contributed by atoms with Crippen LogP contribution in [-0.2, 0) is 51.1 Å². The Morgan fingerprint density at radius 1 is 0.603 bits per heavy atom. The van der Waals surface area contributed by atoms with E-state index < -0.39 is 48.1 Å². The molecule has 4 aliphatic rings. The Morgan fingerprint density at radius 3 is 1.40 bits per heavy atom. The van der Waals surface area contributed by atoms with Crippen LogP contribution in [0.3, 0.4) is 0 Å². The standard InChI is InChI=1S/C50H66N8O8.2ClH/c1-33(51-3)45(59)55-41(49(63)57-27-15-25-43(57)47(61)53-39-23-13-19-35-17-7-9-21-37(35)39)31-65-29-11-5-6-12-30-66-32-42(56-46(60)34(2)52-4)50(64)58-28-16-26-44(58)48(62)54-40-24-14-20-36-18-8-10-22-38(36)40;;/h7-10,17-18,21-22,33-34,39-44,51-52H,13-16,19-20,23-32H2,1-4H3,(H,53,61)(H,54,62)(H,55,59)(H,56,60);2*1H/t33-,34-,39+,40+,41-,42-,43-,44-;;/m0../s1. The van der Waals surface area contributed by atoms with Gasteiger partial charge in [-0.1, -0.05) is 60.4 Å². The molecule has 0 aromatic heterocycles. The number of aryl methyl sites for hydroxylation is 2. The summed E-state index contributed by atoms with van der Waals surface area (Å²) in [6.07, 6.45) is 7.87. The Kier molecular flexibility index (Phi) is 22.6. The SMILES string of the molecule is CN[C@@H](C)C(=O)N[C@@H](COCC#CC#CCOC[C@H](NC(=O)[C@H](C)NC)C(=O)N1CCC[C@H]1C(=O)N[C@@H]1CCCc2ccccc21)C(=O)N1CCC[C@H]1C(=O)N[C@@H]1CCCc2ccccc21.Cl.Cl. The molecule has 0 radical (unpaired) electrons. The molecule has 0 saturated carbocycles. The highest BCUT2D eigenvalue weighted by atomic mass is 35.5. The van der Waals surface area contributed by atoms with Gasteiger partial charge in [0.05, 0.1) is 37.4 Å². The maximum atomic E-state index is 14.0. The van der Waals surface area contributed by atoms with Crippen LogP contribution in [0.15, 0.2) is 48.5 Å².